The summed E-state index contributed by atoms with van der Waals surface area (Å²) < 4.78 is 10.9. The highest BCUT2D eigenvalue weighted by Crippen LogP contribution is 2.19. The molecule has 0 atom stereocenters. The summed E-state index contributed by atoms with van der Waals surface area (Å²) in [6, 6.07) is 23.9. The van der Waals surface area contributed by atoms with Crippen molar-refractivity contribution in [1.29, 1.82) is 0 Å². The number of nitrogens with zero attached hydrogens (tertiary/aromatic N) is 1. The highest BCUT2D eigenvalue weighted by Gasteiger charge is 2.09. The second kappa shape index (κ2) is 10.0. The van der Waals surface area contributed by atoms with Gasteiger partial charge in [0.2, 0.25) is 0 Å². The summed E-state index contributed by atoms with van der Waals surface area (Å²) in [7, 11) is 0. The molecule has 0 amide bonds. The number of hydrogen-bond donors (Lipinski definition) is 1. The van der Waals surface area contributed by atoms with E-state index in [9.17, 15) is 4.79 Å². The molecule has 5 heteroatoms. The number of rotatable bonds is 9. The van der Waals surface area contributed by atoms with Gasteiger partial charge in [-0.1, -0.05) is 54.6 Å². The molecule has 0 saturated carbocycles. The van der Waals surface area contributed by atoms with Gasteiger partial charge in [-0.3, -0.25) is 0 Å². The van der Waals surface area contributed by atoms with E-state index in [0.29, 0.717) is 25.4 Å². The number of esters is 1. The molecule has 1 N–H and O–H groups in total. The van der Waals surface area contributed by atoms with Crippen molar-refractivity contribution >= 4 is 17.0 Å². The van der Waals surface area contributed by atoms with Gasteiger partial charge in [-0.25, -0.2) is 9.78 Å². The monoisotopic (exact) mass is 414 g/mol. The third kappa shape index (κ3) is 5.38. The summed E-state index contributed by atoms with van der Waals surface area (Å²) in [4.78, 5) is 20.0. The Morgan fingerprint density at radius 1 is 0.871 bits per heavy atom. The van der Waals surface area contributed by atoms with Crippen molar-refractivity contribution in [3.63, 3.8) is 0 Å². The van der Waals surface area contributed by atoms with E-state index >= 15 is 0 Å². The molecule has 0 saturated heterocycles. The maximum Gasteiger partial charge on any atom is 0.338 e. The Morgan fingerprint density at radius 2 is 1.68 bits per heavy atom. The minimum atomic E-state index is -0.303. The molecule has 4 aromatic rings. The molecule has 0 unspecified atom stereocenters. The van der Waals surface area contributed by atoms with E-state index in [1.165, 1.54) is 5.56 Å². The van der Waals surface area contributed by atoms with Crippen molar-refractivity contribution in [3.05, 3.63) is 101 Å². The molecule has 0 spiro atoms. The van der Waals surface area contributed by atoms with Gasteiger partial charge in [-0.15, -0.1) is 0 Å². The van der Waals surface area contributed by atoms with Crippen LogP contribution in [0.5, 0.6) is 0 Å². The van der Waals surface area contributed by atoms with Crippen LogP contribution in [0.4, 0.5) is 0 Å². The molecule has 1 aromatic heterocycles. The third-order valence-electron chi connectivity index (χ3n) is 5.13. The van der Waals surface area contributed by atoms with Gasteiger partial charge < -0.3 is 14.5 Å². The van der Waals surface area contributed by atoms with Gasteiger partial charge in [0.25, 0.3) is 0 Å². The fourth-order valence-electron chi connectivity index (χ4n) is 3.52. The molecule has 5 nitrogen and oxygen atoms in total. The van der Waals surface area contributed by atoms with Crippen LogP contribution in [-0.4, -0.2) is 22.5 Å². The number of carbonyl (C=O) groups is 1. The number of fused-ring (bicyclic) bond motifs is 1. The molecular weight excluding hydrogens is 388 g/mol. The van der Waals surface area contributed by atoms with Crippen LogP contribution >= 0.6 is 0 Å². The maximum absolute atomic E-state index is 11.7. The first-order valence-electron chi connectivity index (χ1n) is 10.6. The minimum absolute atomic E-state index is 0.303. The van der Waals surface area contributed by atoms with Crippen molar-refractivity contribution in [3.8, 4) is 0 Å². The van der Waals surface area contributed by atoms with E-state index in [4.69, 9.17) is 14.5 Å². The van der Waals surface area contributed by atoms with Crippen LogP contribution in [-0.2, 0) is 35.5 Å². The SMILES string of the molecule is CCOC(=O)c1ccc(COCc2cccc3[nH]c(CCc4ccccc4)nc23)cc1. The standard InChI is InChI=1S/C26H26N2O3/c1-2-31-26(29)21-14-11-20(12-15-21)17-30-18-22-9-6-10-23-25(22)28-24(27-23)16-13-19-7-4-3-5-8-19/h3-12,14-15H,2,13,16-18H2,1H3,(H,27,28). The average Bonchev–Trinajstić information content (AvgIpc) is 3.23. The summed E-state index contributed by atoms with van der Waals surface area (Å²) in [5, 5.41) is 0. The highest BCUT2D eigenvalue weighted by molar-refractivity contribution is 5.89. The molecular formula is C26H26N2O3. The van der Waals surface area contributed by atoms with Crippen LogP contribution in [0.2, 0.25) is 0 Å². The van der Waals surface area contributed by atoms with Gasteiger partial charge in [-0.2, -0.15) is 0 Å². The van der Waals surface area contributed by atoms with Crippen LogP contribution in [0.15, 0.2) is 72.8 Å². The van der Waals surface area contributed by atoms with Crippen LogP contribution in [0.25, 0.3) is 11.0 Å². The number of hydrogen-bond acceptors (Lipinski definition) is 4. The molecule has 4 rings (SSSR count). The molecule has 3 aromatic carbocycles. The molecule has 1 heterocycles. The molecule has 0 radical (unpaired) electrons. The highest BCUT2D eigenvalue weighted by atomic mass is 16.5. The van der Waals surface area contributed by atoms with E-state index in [1.807, 2.05) is 36.4 Å². The summed E-state index contributed by atoms with van der Waals surface area (Å²) in [6.45, 7) is 3.10. The largest absolute Gasteiger partial charge is 0.462 e. The molecule has 158 valence electrons. The first kappa shape index (κ1) is 20.8. The lowest BCUT2D eigenvalue weighted by Crippen LogP contribution is -2.04. The third-order valence-corrected chi connectivity index (χ3v) is 5.13. The van der Waals surface area contributed by atoms with Gasteiger partial charge in [0.05, 0.1) is 36.4 Å². The number of aromatic amines is 1. The molecule has 0 aliphatic carbocycles. The minimum Gasteiger partial charge on any atom is -0.462 e. The van der Waals surface area contributed by atoms with Gasteiger partial charge >= 0.3 is 5.97 Å². The lowest BCUT2D eigenvalue weighted by molar-refractivity contribution is 0.0526. The Hall–Kier alpha value is -3.44. The topological polar surface area (TPSA) is 64.2 Å². The number of imidazole rings is 1. The number of H-pyrrole nitrogens is 1. The number of benzene rings is 3. The van der Waals surface area contributed by atoms with Crippen molar-refractivity contribution in [2.24, 2.45) is 0 Å². The fraction of sp³-hybridized carbons (Fsp3) is 0.231. The van der Waals surface area contributed by atoms with E-state index in [1.54, 1.807) is 19.1 Å². The van der Waals surface area contributed by atoms with E-state index in [-0.39, 0.29) is 5.97 Å². The maximum atomic E-state index is 11.7. The Balaban J connectivity index is 1.36. The molecule has 0 bridgehead atoms. The number of aromatic nitrogens is 2. The van der Waals surface area contributed by atoms with Gasteiger partial charge in [0, 0.05) is 12.0 Å². The normalized spacial score (nSPS) is 11.0. The van der Waals surface area contributed by atoms with Crippen LogP contribution < -0.4 is 0 Å². The second-order valence-corrected chi connectivity index (χ2v) is 7.39. The second-order valence-electron chi connectivity index (χ2n) is 7.39. The first-order valence-corrected chi connectivity index (χ1v) is 10.6. The van der Waals surface area contributed by atoms with Crippen LogP contribution in [0, 0.1) is 0 Å². The zero-order valence-corrected chi connectivity index (χ0v) is 17.6. The molecule has 0 fully saturated rings. The summed E-state index contributed by atoms with van der Waals surface area (Å²) >= 11 is 0. The quantitative estimate of drug-likeness (QED) is 0.380. The predicted molar refractivity (Wildman–Crippen MR) is 121 cm³/mol. The fourth-order valence-corrected chi connectivity index (χ4v) is 3.52. The first-order chi connectivity index (χ1) is 15.2. The number of aryl methyl sites for hydroxylation is 2. The van der Waals surface area contributed by atoms with Gasteiger partial charge in [-0.05, 0) is 42.7 Å². The van der Waals surface area contributed by atoms with Gasteiger partial charge in [0.1, 0.15) is 5.82 Å². The Morgan fingerprint density at radius 3 is 2.45 bits per heavy atom. The van der Waals surface area contributed by atoms with Crippen molar-refractivity contribution in [1.82, 2.24) is 9.97 Å². The zero-order valence-electron chi connectivity index (χ0n) is 17.6. The Kier molecular flexibility index (Phi) is 6.75. The predicted octanol–water partition coefficient (Wildman–Crippen LogP) is 5.24. The number of nitrogens with one attached hydrogen (secondary N) is 1. The number of ether oxygens (including phenoxy) is 2. The molecule has 31 heavy (non-hydrogen) atoms. The summed E-state index contributed by atoms with van der Waals surface area (Å²) in [5.74, 6) is 0.684. The number of para-hydroxylation sites is 1. The average molecular weight is 415 g/mol. The summed E-state index contributed by atoms with van der Waals surface area (Å²) in [6.07, 6.45) is 1.82. The molecule has 0 aliphatic rings. The Bertz CT molecular complexity index is 1130. The lowest BCUT2D eigenvalue weighted by atomic mass is 10.1. The van der Waals surface area contributed by atoms with Crippen molar-refractivity contribution in [2.75, 3.05) is 6.61 Å². The molecule has 0 aliphatic heterocycles. The van der Waals surface area contributed by atoms with Gasteiger partial charge in [0.15, 0.2) is 0 Å². The van der Waals surface area contributed by atoms with Crippen molar-refractivity contribution in [2.45, 2.75) is 33.0 Å². The summed E-state index contributed by atoms with van der Waals surface area (Å²) in [5.41, 5.74) is 5.91. The van der Waals surface area contributed by atoms with E-state index < -0.39 is 0 Å². The van der Waals surface area contributed by atoms with Crippen LogP contribution in [0.1, 0.15) is 39.8 Å². The lowest BCUT2D eigenvalue weighted by Gasteiger charge is -2.06. The van der Waals surface area contributed by atoms with E-state index in [2.05, 4.69) is 29.2 Å². The van der Waals surface area contributed by atoms with Crippen molar-refractivity contribution < 1.29 is 14.3 Å². The smallest absolute Gasteiger partial charge is 0.338 e. The van der Waals surface area contributed by atoms with Crippen LogP contribution in [0.3, 0.4) is 0 Å². The zero-order chi connectivity index (χ0) is 21.5. The number of carbonyl (C=O) groups excluding carboxylic acids is 1. The Labute approximate surface area is 182 Å². The van der Waals surface area contributed by atoms with E-state index in [0.717, 1.165) is 40.8 Å².